The maximum absolute atomic E-state index is 10.1. The van der Waals surface area contributed by atoms with Gasteiger partial charge in [-0.1, -0.05) is 0 Å². The summed E-state index contributed by atoms with van der Waals surface area (Å²) in [5.74, 6) is -5.98. The number of carbonyl (C=O) groups excluding carboxylic acids is 3. The van der Waals surface area contributed by atoms with Crippen LogP contribution in [-0.4, -0.2) is 34.1 Å². The van der Waals surface area contributed by atoms with Gasteiger partial charge in [-0.3, -0.25) is 0 Å². The van der Waals surface area contributed by atoms with E-state index in [1.165, 1.54) is 0 Å². The zero-order chi connectivity index (χ0) is 10.6. The van der Waals surface area contributed by atoms with E-state index in [1.807, 2.05) is 0 Å². The van der Waals surface area contributed by atoms with Gasteiger partial charge in [-0.15, -0.1) is 0 Å². The summed E-state index contributed by atoms with van der Waals surface area (Å²) in [5.41, 5.74) is -2.97. The van der Waals surface area contributed by atoms with Crippen molar-refractivity contribution in [2.75, 3.05) is 0 Å². The molecular weight excluding hydrogens is 274 g/mol. The summed E-state index contributed by atoms with van der Waals surface area (Å²) in [4.78, 5) is 30.0. The summed E-state index contributed by atoms with van der Waals surface area (Å²) < 4.78 is 0. The van der Waals surface area contributed by atoms with Crippen LogP contribution in [0, 0.1) is 0 Å². The first-order valence-electron chi connectivity index (χ1n) is 3.11. The van der Waals surface area contributed by atoms with E-state index >= 15 is 0 Å². The second-order valence-electron chi connectivity index (χ2n) is 2.42. The summed E-state index contributed by atoms with van der Waals surface area (Å²) >= 11 is 0. The number of rotatable bonds is 5. The van der Waals surface area contributed by atoms with E-state index in [-0.39, 0.29) is 53.6 Å². The minimum Gasteiger partial charge on any atom is -0.550 e. The van der Waals surface area contributed by atoms with E-state index in [9.17, 15) is 29.7 Å². The molecule has 0 saturated heterocycles. The summed E-state index contributed by atoms with van der Waals surface area (Å²) in [6.45, 7) is 0. The molecule has 0 fully saturated rings. The number of carbonyl (C=O) groups is 3. The van der Waals surface area contributed by atoms with Crippen LogP contribution in [0.4, 0.5) is 0 Å². The van der Waals surface area contributed by atoms with E-state index in [4.69, 9.17) is 5.11 Å². The zero-order valence-corrected chi connectivity index (χ0v) is 11.7. The van der Waals surface area contributed by atoms with E-state index in [0.29, 0.717) is 0 Å². The number of hydrogen-bond acceptors (Lipinski definition) is 7. The number of aliphatic hydroxyl groups is 1. The number of carboxylic acids is 3. The molecule has 0 aromatic rings. The average Bonchev–Trinajstić information content (AvgIpc) is 1.82. The van der Waals surface area contributed by atoms with Crippen LogP contribution in [0.15, 0.2) is 0 Å². The van der Waals surface area contributed by atoms with E-state index in [2.05, 4.69) is 0 Å². The molecule has 85 valence electrons. The minimum atomic E-state index is -2.97. The van der Waals surface area contributed by atoms with Gasteiger partial charge in [-0.05, 0) is 0 Å². The van der Waals surface area contributed by atoms with Gasteiger partial charge in [-0.25, -0.2) is 0 Å². The Kier molecular flexibility index (Phi) is 15.7. The quantitative estimate of drug-likeness (QED) is 0.487. The Hall–Kier alpha value is -0.0856. The average molecular weight is 281 g/mol. The van der Waals surface area contributed by atoms with Crippen molar-refractivity contribution in [2.24, 2.45) is 0 Å². The first-order valence-corrected chi connectivity index (χ1v) is 3.11. The molecule has 0 heterocycles. The van der Waals surface area contributed by atoms with Gasteiger partial charge >= 0.3 is 48.1 Å². The Labute approximate surface area is 124 Å². The van der Waals surface area contributed by atoms with Crippen LogP contribution < -0.4 is 44.9 Å². The SMILES string of the molecule is O.O=C([O-])CC(O)(CC(=O)[O-])C(=O)[O-].[Na+].[V+2]. The van der Waals surface area contributed by atoms with Crippen LogP contribution in [0.3, 0.4) is 0 Å². The monoisotopic (exact) mass is 281 g/mol. The largest absolute Gasteiger partial charge is 2.00 e. The second-order valence-corrected chi connectivity index (χ2v) is 2.42. The van der Waals surface area contributed by atoms with E-state index in [1.54, 1.807) is 0 Å². The van der Waals surface area contributed by atoms with Crippen LogP contribution in [0.1, 0.15) is 12.8 Å². The molecule has 0 aromatic carbocycles. The third kappa shape index (κ3) is 9.16. The fourth-order valence-corrected chi connectivity index (χ4v) is 0.684. The fourth-order valence-electron chi connectivity index (χ4n) is 0.684. The molecule has 3 N–H and O–H groups in total. The van der Waals surface area contributed by atoms with Crippen LogP contribution in [0.5, 0.6) is 0 Å². The topological polar surface area (TPSA) is 172 Å². The fraction of sp³-hybridized carbons (Fsp3) is 0.500. The summed E-state index contributed by atoms with van der Waals surface area (Å²) in [7, 11) is 0. The summed E-state index contributed by atoms with van der Waals surface area (Å²) in [6, 6.07) is 0. The van der Waals surface area contributed by atoms with Gasteiger partial charge in [0, 0.05) is 24.8 Å². The zero-order valence-electron chi connectivity index (χ0n) is 8.26. The molecule has 0 rings (SSSR count). The Morgan fingerprint density at radius 3 is 1.38 bits per heavy atom. The van der Waals surface area contributed by atoms with Gasteiger partial charge in [0.05, 0.1) is 5.97 Å². The molecule has 0 unspecified atom stereocenters. The Morgan fingerprint density at radius 1 is 1.00 bits per heavy atom. The molecule has 0 aliphatic rings. The van der Waals surface area contributed by atoms with Crippen LogP contribution in [-0.2, 0) is 32.9 Å². The molecule has 0 saturated carbocycles. The predicted octanol–water partition coefficient (Wildman–Crippen LogP) is -9.08. The van der Waals surface area contributed by atoms with Crippen molar-refractivity contribution >= 4 is 17.9 Å². The van der Waals surface area contributed by atoms with E-state index in [0.717, 1.165) is 0 Å². The standard InChI is InChI=1S/C6H8O7.Na.H2O.V/c7-3(8)1-6(13,5(11)12)2-4(9)10;;;/h13H,1-2H2,(H,7,8)(H,9,10)(H,11,12);;1H2;/q;+1;;+2/p-3. The van der Waals surface area contributed by atoms with Crippen LogP contribution in [0.25, 0.3) is 0 Å². The third-order valence-corrected chi connectivity index (χ3v) is 1.25. The van der Waals surface area contributed by atoms with Crippen molar-refractivity contribution < 1.29 is 88.4 Å². The number of carboxylic acid groups (broad SMARTS) is 3. The first kappa shape index (κ1) is 24.9. The minimum absolute atomic E-state index is 0. The predicted molar refractivity (Wildman–Crippen MR) is 32.8 cm³/mol. The molecule has 8 nitrogen and oxygen atoms in total. The molecule has 0 aromatic heterocycles. The molecule has 16 heavy (non-hydrogen) atoms. The van der Waals surface area contributed by atoms with Gasteiger partial charge in [-0.2, -0.15) is 0 Å². The van der Waals surface area contributed by atoms with Crippen molar-refractivity contribution in [1.29, 1.82) is 0 Å². The third-order valence-electron chi connectivity index (χ3n) is 1.25. The Balaban J connectivity index is -0.000000240. The number of aliphatic carboxylic acids is 3. The molecule has 10 heteroatoms. The smallest absolute Gasteiger partial charge is 0.550 e. The Morgan fingerprint density at radius 2 is 1.25 bits per heavy atom. The molecule has 0 aliphatic heterocycles. The van der Waals surface area contributed by atoms with Gasteiger partial charge in [0.2, 0.25) is 0 Å². The van der Waals surface area contributed by atoms with Crippen LogP contribution in [0.2, 0.25) is 0 Å². The normalized spacial score (nSPS) is 8.81. The van der Waals surface area contributed by atoms with Crippen molar-refractivity contribution in [3.8, 4) is 0 Å². The number of hydrogen-bond donors (Lipinski definition) is 1. The van der Waals surface area contributed by atoms with Crippen molar-refractivity contribution in [3.63, 3.8) is 0 Å². The van der Waals surface area contributed by atoms with Crippen LogP contribution >= 0.6 is 0 Å². The van der Waals surface area contributed by atoms with Gasteiger partial charge < -0.3 is 40.3 Å². The van der Waals surface area contributed by atoms with Gasteiger partial charge in [0.15, 0.2) is 0 Å². The molecule has 0 amide bonds. The Bertz CT molecular complexity index is 239. The molecule has 0 atom stereocenters. The second kappa shape index (κ2) is 10.1. The maximum Gasteiger partial charge on any atom is 2.00 e. The molecule has 1 radical (unpaired) electrons. The molecule has 0 spiro atoms. The molecular formula is C6H7NaO8V. The van der Waals surface area contributed by atoms with Gasteiger partial charge in [0.25, 0.3) is 0 Å². The maximum atomic E-state index is 10.1. The van der Waals surface area contributed by atoms with Gasteiger partial charge in [0.1, 0.15) is 5.60 Å². The first-order chi connectivity index (χ1) is 5.78. The molecule has 0 aliphatic carbocycles. The van der Waals surface area contributed by atoms with Crippen molar-refractivity contribution in [1.82, 2.24) is 0 Å². The van der Waals surface area contributed by atoms with Crippen molar-refractivity contribution in [3.05, 3.63) is 0 Å². The molecule has 0 bridgehead atoms. The summed E-state index contributed by atoms with van der Waals surface area (Å²) in [6.07, 6.45) is -2.72. The summed E-state index contributed by atoms with van der Waals surface area (Å²) in [5, 5.41) is 38.9. The van der Waals surface area contributed by atoms with Crippen molar-refractivity contribution in [2.45, 2.75) is 18.4 Å². The van der Waals surface area contributed by atoms with E-state index < -0.39 is 36.4 Å².